The van der Waals surface area contributed by atoms with Crippen LogP contribution >= 0.6 is 11.8 Å². The van der Waals surface area contributed by atoms with E-state index in [0.717, 1.165) is 42.1 Å². The summed E-state index contributed by atoms with van der Waals surface area (Å²) in [6, 6.07) is 7.95. The third-order valence-electron chi connectivity index (χ3n) is 4.48. The topological polar surface area (TPSA) is 83.8 Å². The molecule has 0 aliphatic heterocycles. The van der Waals surface area contributed by atoms with Crippen molar-refractivity contribution in [3.05, 3.63) is 24.3 Å². The fraction of sp³-hybridized carbons (Fsp3) is 0.636. The maximum Gasteiger partial charge on any atom is 0.303 e. The number of aliphatic carboxylic acids is 2. The van der Waals surface area contributed by atoms with Crippen LogP contribution in [-0.4, -0.2) is 34.0 Å². The largest absolute Gasteiger partial charge is 0.490 e. The molecule has 0 saturated heterocycles. The van der Waals surface area contributed by atoms with Crippen molar-refractivity contribution in [1.82, 2.24) is 0 Å². The van der Waals surface area contributed by atoms with E-state index in [1.54, 1.807) is 11.8 Å². The lowest BCUT2D eigenvalue weighted by Crippen LogP contribution is -2.14. The van der Waals surface area contributed by atoms with Gasteiger partial charge in [0.1, 0.15) is 5.75 Å². The van der Waals surface area contributed by atoms with Crippen molar-refractivity contribution < 1.29 is 24.5 Å². The molecule has 1 unspecified atom stereocenters. The maximum atomic E-state index is 10.7. The molecule has 6 heteroatoms. The Morgan fingerprint density at radius 3 is 2.11 bits per heavy atom. The number of rotatable bonds is 17. The fourth-order valence-electron chi connectivity index (χ4n) is 2.89. The monoisotopic (exact) mass is 410 g/mol. The van der Waals surface area contributed by atoms with E-state index in [2.05, 4.69) is 6.07 Å². The van der Waals surface area contributed by atoms with Crippen LogP contribution in [-0.2, 0) is 9.59 Å². The summed E-state index contributed by atoms with van der Waals surface area (Å²) >= 11 is 1.79. The van der Waals surface area contributed by atoms with Gasteiger partial charge in [0.25, 0.3) is 0 Å². The number of ether oxygens (including phenoxy) is 1. The van der Waals surface area contributed by atoms with E-state index >= 15 is 0 Å². The van der Waals surface area contributed by atoms with E-state index in [-0.39, 0.29) is 12.5 Å². The first-order valence-corrected chi connectivity index (χ1v) is 11.3. The lowest BCUT2D eigenvalue weighted by molar-refractivity contribution is -0.138. The Balaban J connectivity index is 2.13. The second kappa shape index (κ2) is 15.3. The zero-order chi connectivity index (χ0) is 20.6. The van der Waals surface area contributed by atoms with Crippen molar-refractivity contribution >= 4 is 23.7 Å². The SMILES string of the molecule is CC(CCC(=O)O)Oc1ccccc1SCCCCCCCCCCC(=O)O. The molecule has 0 spiro atoms. The van der Waals surface area contributed by atoms with Gasteiger partial charge in [-0.1, -0.05) is 50.7 Å². The van der Waals surface area contributed by atoms with Crippen LogP contribution in [0.2, 0.25) is 0 Å². The second-order valence-corrected chi connectivity index (χ2v) is 8.26. The number of thioether (sulfide) groups is 1. The van der Waals surface area contributed by atoms with Gasteiger partial charge in [0.05, 0.1) is 6.10 Å². The van der Waals surface area contributed by atoms with Crippen LogP contribution in [0.25, 0.3) is 0 Å². The normalized spacial score (nSPS) is 11.9. The molecule has 158 valence electrons. The van der Waals surface area contributed by atoms with E-state index in [9.17, 15) is 9.59 Å². The van der Waals surface area contributed by atoms with Gasteiger partial charge < -0.3 is 14.9 Å². The number of hydrogen-bond donors (Lipinski definition) is 2. The number of para-hydroxylation sites is 1. The van der Waals surface area contributed by atoms with Gasteiger partial charge in [-0.05, 0) is 44.1 Å². The van der Waals surface area contributed by atoms with Crippen LogP contribution in [0, 0.1) is 0 Å². The van der Waals surface area contributed by atoms with Gasteiger partial charge >= 0.3 is 11.9 Å². The Hall–Kier alpha value is -1.69. The van der Waals surface area contributed by atoms with Gasteiger partial charge in [0.2, 0.25) is 0 Å². The van der Waals surface area contributed by atoms with Gasteiger partial charge in [-0.15, -0.1) is 11.8 Å². The molecule has 0 heterocycles. The molecule has 0 amide bonds. The maximum absolute atomic E-state index is 10.7. The Kier molecular flexibility index (Phi) is 13.3. The average Bonchev–Trinajstić information content (AvgIpc) is 2.65. The molecule has 1 aromatic carbocycles. The Morgan fingerprint density at radius 2 is 1.46 bits per heavy atom. The van der Waals surface area contributed by atoms with Crippen molar-refractivity contribution in [2.24, 2.45) is 0 Å². The highest BCUT2D eigenvalue weighted by Gasteiger charge is 2.10. The number of carbonyl (C=O) groups is 2. The molecule has 0 saturated carbocycles. The van der Waals surface area contributed by atoms with Crippen molar-refractivity contribution in [2.75, 3.05) is 5.75 Å². The number of benzene rings is 1. The summed E-state index contributed by atoms with van der Waals surface area (Å²) in [7, 11) is 0. The molecule has 0 aromatic heterocycles. The highest BCUT2D eigenvalue weighted by atomic mass is 32.2. The predicted molar refractivity (Wildman–Crippen MR) is 113 cm³/mol. The minimum Gasteiger partial charge on any atom is -0.490 e. The third-order valence-corrected chi connectivity index (χ3v) is 5.63. The van der Waals surface area contributed by atoms with Crippen molar-refractivity contribution in [1.29, 1.82) is 0 Å². The first kappa shape index (κ1) is 24.3. The minimum atomic E-state index is -0.793. The van der Waals surface area contributed by atoms with Crippen molar-refractivity contribution in [3.63, 3.8) is 0 Å². The van der Waals surface area contributed by atoms with Crippen LogP contribution in [0.1, 0.15) is 77.6 Å². The average molecular weight is 411 g/mol. The molecule has 0 bridgehead atoms. The molecule has 0 fully saturated rings. The zero-order valence-electron chi connectivity index (χ0n) is 16.9. The van der Waals surface area contributed by atoms with Gasteiger partial charge in [0, 0.05) is 17.7 Å². The summed E-state index contributed by atoms with van der Waals surface area (Å²) in [6.45, 7) is 1.91. The van der Waals surface area contributed by atoms with Gasteiger partial charge in [-0.3, -0.25) is 9.59 Å². The molecule has 2 N–H and O–H groups in total. The standard InChI is InChI=1S/C22H34O5S/c1-18(15-16-22(25)26)27-19-12-9-10-13-20(19)28-17-11-7-5-3-2-4-6-8-14-21(23)24/h9-10,12-13,18H,2-8,11,14-17H2,1H3,(H,23,24)(H,25,26). The molecule has 0 aliphatic carbocycles. The first-order valence-electron chi connectivity index (χ1n) is 10.3. The molecule has 1 atom stereocenters. The van der Waals surface area contributed by atoms with Gasteiger partial charge in [-0.25, -0.2) is 0 Å². The summed E-state index contributed by atoms with van der Waals surface area (Å²) in [5.41, 5.74) is 0. The van der Waals surface area contributed by atoms with Gasteiger partial charge in [-0.2, -0.15) is 0 Å². The van der Waals surface area contributed by atoms with E-state index < -0.39 is 11.9 Å². The summed E-state index contributed by atoms with van der Waals surface area (Å²) < 4.78 is 5.93. The van der Waals surface area contributed by atoms with E-state index in [4.69, 9.17) is 14.9 Å². The number of carboxylic acid groups (broad SMARTS) is 2. The van der Waals surface area contributed by atoms with Crippen molar-refractivity contribution in [3.8, 4) is 5.75 Å². The molecule has 5 nitrogen and oxygen atoms in total. The third kappa shape index (κ3) is 12.7. The lowest BCUT2D eigenvalue weighted by Gasteiger charge is -2.16. The zero-order valence-corrected chi connectivity index (χ0v) is 17.7. The predicted octanol–water partition coefficient (Wildman–Crippen LogP) is 6.01. The summed E-state index contributed by atoms with van der Waals surface area (Å²) in [4.78, 5) is 22.2. The molecular weight excluding hydrogens is 376 g/mol. The molecular formula is C22H34O5S. The number of hydrogen-bond acceptors (Lipinski definition) is 4. The smallest absolute Gasteiger partial charge is 0.303 e. The first-order chi connectivity index (χ1) is 13.5. The van der Waals surface area contributed by atoms with Crippen LogP contribution in [0.15, 0.2) is 29.2 Å². The number of unbranched alkanes of at least 4 members (excludes halogenated alkanes) is 7. The molecule has 28 heavy (non-hydrogen) atoms. The van der Waals surface area contributed by atoms with E-state index in [1.165, 1.54) is 25.7 Å². The fourth-order valence-corrected chi connectivity index (χ4v) is 3.89. The van der Waals surface area contributed by atoms with Crippen molar-refractivity contribution in [2.45, 2.75) is 88.6 Å². The summed E-state index contributed by atoms with van der Waals surface area (Å²) in [5, 5.41) is 17.4. The van der Waals surface area contributed by atoms with E-state index in [1.807, 2.05) is 25.1 Å². The molecule has 1 rings (SSSR count). The Labute approximate surface area is 172 Å². The summed E-state index contributed by atoms with van der Waals surface area (Å²) in [6.07, 6.45) is 9.75. The minimum absolute atomic E-state index is 0.117. The summed E-state index contributed by atoms with van der Waals surface area (Å²) in [5.74, 6) is 0.395. The van der Waals surface area contributed by atoms with Crippen LogP contribution < -0.4 is 4.74 Å². The quantitative estimate of drug-likeness (QED) is 0.242. The second-order valence-electron chi connectivity index (χ2n) is 7.13. The highest BCUT2D eigenvalue weighted by Crippen LogP contribution is 2.31. The van der Waals surface area contributed by atoms with Gasteiger partial charge in [0.15, 0.2) is 0 Å². The molecule has 0 radical (unpaired) electrons. The van der Waals surface area contributed by atoms with Crippen LogP contribution in [0.3, 0.4) is 0 Å². The molecule has 1 aromatic rings. The van der Waals surface area contributed by atoms with Crippen LogP contribution in [0.5, 0.6) is 5.75 Å². The van der Waals surface area contributed by atoms with E-state index in [0.29, 0.717) is 12.8 Å². The Morgan fingerprint density at radius 1 is 0.893 bits per heavy atom. The van der Waals surface area contributed by atoms with Crippen LogP contribution in [0.4, 0.5) is 0 Å². The lowest BCUT2D eigenvalue weighted by atomic mass is 10.1. The molecule has 0 aliphatic rings. The Bertz CT molecular complexity index is 576. The number of carboxylic acids is 2. The highest BCUT2D eigenvalue weighted by molar-refractivity contribution is 7.99.